The summed E-state index contributed by atoms with van der Waals surface area (Å²) in [6.07, 6.45) is 6.92. The van der Waals surface area contributed by atoms with Crippen LogP contribution in [-0.4, -0.2) is 49.4 Å². The summed E-state index contributed by atoms with van der Waals surface area (Å²) in [5, 5.41) is 7.63. The van der Waals surface area contributed by atoms with Gasteiger partial charge in [-0.25, -0.2) is 0 Å². The highest BCUT2D eigenvalue weighted by Gasteiger charge is 2.26. The van der Waals surface area contributed by atoms with Crippen molar-refractivity contribution < 1.29 is 13.2 Å². The Morgan fingerprint density at radius 3 is 2.73 bits per heavy atom. The van der Waals surface area contributed by atoms with Crippen molar-refractivity contribution in [1.29, 1.82) is 0 Å². The standard InChI is InChI=1S/C23H24ClN5O3S/c1-28(2)15-26-33(31,32)22-12-18(27-23(30)11-16-5-3-4-6-21(16)24)7-10-20(22)17-13-25-29(14-17)19-8-9-19/h3-7,10,12-15,19H,8-9,11H2,1-2H3,(H,27,30)/b26-15+. The van der Waals surface area contributed by atoms with Crippen molar-refractivity contribution in [1.82, 2.24) is 14.7 Å². The van der Waals surface area contributed by atoms with Gasteiger partial charge in [0.25, 0.3) is 10.0 Å². The smallest absolute Gasteiger partial charge is 0.284 e. The minimum absolute atomic E-state index is 0.00788. The van der Waals surface area contributed by atoms with E-state index in [-0.39, 0.29) is 17.2 Å². The molecule has 0 bridgehead atoms. The number of benzene rings is 2. The molecule has 1 N–H and O–H groups in total. The molecule has 33 heavy (non-hydrogen) atoms. The van der Waals surface area contributed by atoms with Gasteiger partial charge in [0.15, 0.2) is 0 Å². The zero-order valence-electron chi connectivity index (χ0n) is 18.3. The van der Waals surface area contributed by atoms with Gasteiger partial charge in [-0.1, -0.05) is 35.9 Å². The van der Waals surface area contributed by atoms with Crippen molar-refractivity contribution in [2.75, 3.05) is 19.4 Å². The Bertz CT molecular complexity index is 1310. The maximum atomic E-state index is 13.1. The molecule has 1 aliphatic rings. The third-order valence-electron chi connectivity index (χ3n) is 5.10. The van der Waals surface area contributed by atoms with Gasteiger partial charge in [-0.15, -0.1) is 4.40 Å². The minimum atomic E-state index is -4.04. The summed E-state index contributed by atoms with van der Waals surface area (Å²) < 4.78 is 31.8. The summed E-state index contributed by atoms with van der Waals surface area (Å²) in [6.45, 7) is 0. The highest BCUT2D eigenvalue weighted by atomic mass is 35.5. The fraction of sp³-hybridized carbons (Fsp3) is 0.261. The molecule has 172 valence electrons. The Labute approximate surface area is 197 Å². The van der Waals surface area contributed by atoms with Crippen molar-refractivity contribution in [2.45, 2.75) is 30.2 Å². The van der Waals surface area contributed by atoms with Crippen LogP contribution in [0.4, 0.5) is 5.69 Å². The van der Waals surface area contributed by atoms with E-state index in [4.69, 9.17) is 11.6 Å². The van der Waals surface area contributed by atoms with Gasteiger partial charge in [0, 0.05) is 42.1 Å². The number of rotatable bonds is 8. The third kappa shape index (κ3) is 5.61. The lowest BCUT2D eigenvalue weighted by Gasteiger charge is -2.12. The maximum Gasteiger partial charge on any atom is 0.284 e. The van der Waals surface area contributed by atoms with Gasteiger partial charge in [0.1, 0.15) is 6.34 Å². The second-order valence-corrected chi connectivity index (χ2v) is 10.1. The molecule has 0 aliphatic heterocycles. The fourth-order valence-corrected chi connectivity index (χ4v) is 4.67. The van der Waals surface area contributed by atoms with E-state index >= 15 is 0 Å². The molecule has 0 radical (unpaired) electrons. The molecule has 8 nitrogen and oxygen atoms in total. The predicted octanol–water partition coefficient (Wildman–Crippen LogP) is 4.00. The molecule has 1 aromatic heterocycles. The number of hydrogen-bond acceptors (Lipinski definition) is 4. The van der Waals surface area contributed by atoms with Gasteiger partial charge < -0.3 is 10.2 Å². The summed E-state index contributed by atoms with van der Waals surface area (Å²) in [5.41, 5.74) is 2.18. The molecule has 4 rings (SSSR count). The number of sulfonamides is 1. The van der Waals surface area contributed by atoms with Crippen molar-refractivity contribution in [2.24, 2.45) is 4.40 Å². The summed E-state index contributed by atoms with van der Waals surface area (Å²) in [4.78, 5) is 14.1. The van der Waals surface area contributed by atoms with E-state index in [1.807, 2.05) is 10.9 Å². The first-order chi connectivity index (χ1) is 15.7. The highest BCUT2D eigenvalue weighted by Crippen LogP contribution is 2.37. The van der Waals surface area contributed by atoms with E-state index in [2.05, 4.69) is 14.8 Å². The van der Waals surface area contributed by atoms with E-state index in [1.54, 1.807) is 56.7 Å². The molecule has 0 atom stereocenters. The van der Waals surface area contributed by atoms with Crippen molar-refractivity contribution in [3.63, 3.8) is 0 Å². The first kappa shape index (κ1) is 23.0. The number of nitrogens with zero attached hydrogens (tertiary/aromatic N) is 4. The van der Waals surface area contributed by atoms with Crippen LogP contribution in [0.2, 0.25) is 5.02 Å². The molecule has 0 spiro atoms. The first-order valence-corrected chi connectivity index (χ1v) is 12.2. The first-order valence-electron chi connectivity index (χ1n) is 10.4. The lowest BCUT2D eigenvalue weighted by molar-refractivity contribution is -0.115. The molecule has 1 aliphatic carbocycles. The van der Waals surface area contributed by atoms with Crippen LogP contribution >= 0.6 is 11.6 Å². The van der Waals surface area contributed by atoms with Crippen LogP contribution in [-0.2, 0) is 21.2 Å². The zero-order valence-corrected chi connectivity index (χ0v) is 19.8. The molecular formula is C23H24ClN5O3S. The number of amides is 1. The Morgan fingerprint density at radius 1 is 1.27 bits per heavy atom. The normalized spacial score (nSPS) is 13.9. The van der Waals surface area contributed by atoms with E-state index in [1.165, 1.54) is 17.3 Å². The molecular weight excluding hydrogens is 462 g/mol. The molecule has 1 saturated carbocycles. The predicted molar refractivity (Wildman–Crippen MR) is 129 cm³/mol. The number of carbonyl (C=O) groups is 1. The van der Waals surface area contributed by atoms with Crippen LogP contribution in [0.15, 0.2) is 64.2 Å². The SMILES string of the molecule is CN(C)/C=N/S(=O)(=O)c1cc(NC(=O)Cc2ccccc2Cl)ccc1-c1cnn(C2CC2)c1. The monoisotopic (exact) mass is 485 g/mol. The summed E-state index contributed by atoms with van der Waals surface area (Å²) in [5.74, 6) is -0.308. The second-order valence-electron chi connectivity index (χ2n) is 8.13. The van der Waals surface area contributed by atoms with E-state index in [9.17, 15) is 13.2 Å². The number of nitrogens with one attached hydrogen (secondary N) is 1. The van der Waals surface area contributed by atoms with Gasteiger partial charge in [-0.3, -0.25) is 9.48 Å². The summed E-state index contributed by atoms with van der Waals surface area (Å²) >= 11 is 6.15. The van der Waals surface area contributed by atoms with Crippen LogP contribution < -0.4 is 5.32 Å². The Hall–Kier alpha value is -3.17. The van der Waals surface area contributed by atoms with Gasteiger partial charge in [-0.2, -0.15) is 13.5 Å². The quantitative estimate of drug-likeness (QED) is 0.384. The van der Waals surface area contributed by atoms with Gasteiger partial charge >= 0.3 is 0 Å². The molecule has 10 heteroatoms. The largest absolute Gasteiger partial charge is 0.368 e. The minimum Gasteiger partial charge on any atom is -0.368 e. The Morgan fingerprint density at radius 2 is 2.03 bits per heavy atom. The van der Waals surface area contributed by atoms with Crippen molar-refractivity contribution in [3.05, 3.63) is 65.4 Å². The Balaban J connectivity index is 1.66. The molecule has 0 saturated heterocycles. The van der Waals surface area contributed by atoms with Crippen LogP contribution in [0.25, 0.3) is 11.1 Å². The van der Waals surface area contributed by atoms with E-state index < -0.39 is 10.0 Å². The summed E-state index contributed by atoms with van der Waals surface area (Å²) in [7, 11) is -0.664. The average molecular weight is 486 g/mol. The van der Waals surface area contributed by atoms with Crippen LogP contribution in [0, 0.1) is 0 Å². The number of halogens is 1. The van der Waals surface area contributed by atoms with Gasteiger partial charge in [-0.05, 0) is 36.6 Å². The maximum absolute atomic E-state index is 13.1. The Kier molecular flexibility index (Phi) is 6.53. The summed E-state index contributed by atoms with van der Waals surface area (Å²) in [6, 6.07) is 12.2. The molecule has 2 aromatic carbocycles. The number of anilines is 1. The molecule has 0 unspecified atom stereocenters. The molecule has 1 heterocycles. The van der Waals surface area contributed by atoms with Crippen LogP contribution in [0.1, 0.15) is 24.4 Å². The third-order valence-corrected chi connectivity index (χ3v) is 6.74. The number of hydrogen-bond donors (Lipinski definition) is 1. The number of carbonyl (C=O) groups excluding carboxylic acids is 1. The van der Waals surface area contributed by atoms with E-state index in [0.29, 0.717) is 33.4 Å². The van der Waals surface area contributed by atoms with Gasteiger partial charge in [0.05, 0.1) is 23.6 Å². The number of aromatic nitrogens is 2. The second kappa shape index (κ2) is 9.36. The zero-order chi connectivity index (χ0) is 23.6. The lowest BCUT2D eigenvalue weighted by atomic mass is 10.1. The lowest BCUT2D eigenvalue weighted by Crippen LogP contribution is -2.15. The van der Waals surface area contributed by atoms with Crippen LogP contribution in [0.3, 0.4) is 0 Å². The van der Waals surface area contributed by atoms with Crippen molar-refractivity contribution >= 4 is 39.6 Å². The average Bonchev–Trinajstić information content (AvgIpc) is 3.51. The van der Waals surface area contributed by atoms with Gasteiger partial charge in [0.2, 0.25) is 5.91 Å². The topological polar surface area (TPSA) is 96.7 Å². The van der Waals surface area contributed by atoms with E-state index in [0.717, 1.165) is 12.8 Å². The fourth-order valence-electron chi connectivity index (χ4n) is 3.30. The highest BCUT2D eigenvalue weighted by molar-refractivity contribution is 7.90. The molecule has 1 fully saturated rings. The van der Waals surface area contributed by atoms with Crippen LogP contribution in [0.5, 0.6) is 0 Å². The molecule has 3 aromatic rings. The van der Waals surface area contributed by atoms with Crippen molar-refractivity contribution in [3.8, 4) is 11.1 Å². The molecule has 1 amide bonds.